The molecule has 1 saturated heterocycles. The molecule has 1 fully saturated rings. The summed E-state index contributed by atoms with van der Waals surface area (Å²) in [6, 6.07) is 9.77. The first kappa shape index (κ1) is 19.1. The van der Waals surface area contributed by atoms with Gasteiger partial charge in [-0.05, 0) is 5.56 Å². The minimum absolute atomic E-state index is 0. The molecule has 1 aliphatic heterocycles. The first-order valence-corrected chi connectivity index (χ1v) is 8.67. The lowest BCUT2D eigenvalue weighted by Crippen LogP contribution is -2.34. The highest BCUT2D eigenvalue weighted by Gasteiger charge is 2.34. The lowest BCUT2D eigenvalue weighted by Gasteiger charge is -2.16. The van der Waals surface area contributed by atoms with Crippen LogP contribution in [-0.2, 0) is 18.4 Å². The molecule has 3 aromatic rings. The Morgan fingerprint density at radius 1 is 1.33 bits per heavy atom. The van der Waals surface area contributed by atoms with Crippen LogP contribution in [0.5, 0.6) is 0 Å². The number of aryl methyl sites for hydroxylation is 1. The first-order chi connectivity index (χ1) is 12.7. The number of carbonyl (C=O) groups is 1. The number of carbonyl (C=O) groups excluding carboxylic acids is 1. The number of benzene rings is 1. The molecule has 0 aliphatic carbocycles. The van der Waals surface area contributed by atoms with Gasteiger partial charge in [-0.2, -0.15) is 5.10 Å². The van der Waals surface area contributed by atoms with Gasteiger partial charge in [0.1, 0.15) is 5.69 Å². The summed E-state index contributed by atoms with van der Waals surface area (Å²) in [5.74, 6) is 0.728. The molecule has 2 N–H and O–H groups in total. The average molecular weight is 388 g/mol. The molecule has 1 aliphatic rings. The highest BCUT2D eigenvalue weighted by atomic mass is 35.5. The molecule has 142 valence electrons. The maximum Gasteiger partial charge on any atom is 0.225 e. The number of hydrogen-bond acceptors (Lipinski definition) is 5. The topological polar surface area (TPSA) is 85.0 Å². The Labute approximate surface area is 163 Å². The van der Waals surface area contributed by atoms with Gasteiger partial charge < -0.3 is 15.1 Å². The van der Waals surface area contributed by atoms with Crippen molar-refractivity contribution >= 4 is 18.3 Å². The normalized spacial score (nSPS) is 18.9. The van der Waals surface area contributed by atoms with Gasteiger partial charge >= 0.3 is 0 Å². The third-order valence-corrected chi connectivity index (χ3v) is 4.81. The minimum atomic E-state index is -0.119. The van der Waals surface area contributed by atoms with Crippen LogP contribution in [0.25, 0.3) is 11.3 Å². The lowest BCUT2D eigenvalue weighted by atomic mass is 9.90. The zero-order valence-electron chi connectivity index (χ0n) is 15.0. The van der Waals surface area contributed by atoms with Crippen LogP contribution in [0.1, 0.15) is 17.2 Å². The Kier molecular flexibility index (Phi) is 5.93. The molecule has 7 nitrogen and oxygen atoms in total. The number of nitrogens with zero attached hydrogens (tertiary/aromatic N) is 3. The van der Waals surface area contributed by atoms with E-state index in [9.17, 15) is 4.79 Å². The molecule has 1 aromatic carbocycles. The Morgan fingerprint density at radius 2 is 2.15 bits per heavy atom. The van der Waals surface area contributed by atoms with Gasteiger partial charge in [-0.15, -0.1) is 12.4 Å². The summed E-state index contributed by atoms with van der Waals surface area (Å²) in [5, 5.41) is 10.5. The van der Waals surface area contributed by atoms with Crippen molar-refractivity contribution in [1.82, 2.24) is 25.4 Å². The summed E-state index contributed by atoms with van der Waals surface area (Å²) in [6.07, 6.45) is 5.23. The first-order valence-electron chi connectivity index (χ1n) is 8.67. The van der Waals surface area contributed by atoms with Crippen molar-refractivity contribution in [2.24, 2.45) is 13.0 Å². The van der Waals surface area contributed by atoms with Crippen molar-refractivity contribution in [2.45, 2.75) is 12.5 Å². The molecule has 0 spiro atoms. The van der Waals surface area contributed by atoms with E-state index in [2.05, 4.69) is 20.7 Å². The minimum Gasteiger partial charge on any atom is -0.443 e. The average Bonchev–Trinajstić information content (AvgIpc) is 3.40. The Morgan fingerprint density at radius 3 is 2.89 bits per heavy atom. The molecule has 0 unspecified atom stereocenters. The van der Waals surface area contributed by atoms with Crippen molar-refractivity contribution in [1.29, 1.82) is 0 Å². The molecular weight excluding hydrogens is 366 g/mol. The van der Waals surface area contributed by atoms with E-state index in [1.807, 2.05) is 49.8 Å². The molecule has 4 rings (SSSR count). The van der Waals surface area contributed by atoms with Crippen LogP contribution < -0.4 is 10.6 Å². The predicted octanol–water partition coefficient (Wildman–Crippen LogP) is 2.12. The Bertz CT molecular complexity index is 892. The molecule has 3 heterocycles. The third-order valence-electron chi connectivity index (χ3n) is 4.81. The van der Waals surface area contributed by atoms with Gasteiger partial charge in [0, 0.05) is 37.8 Å². The Balaban J connectivity index is 0.00000210. The fourth-order valence-corrected chi connectivity index (χ4v) is 3.46. The smallest absolute Gasteiger partial charge is 0.225 e. The lowest BCUT2D eigenvalue weighted by molar-refractivity contribution is -0.125. The van der Waals surface area contributed by atoms with Gasteiger partial charge in [0.15, 0.2) is 12.2 Å². The number of oxazole rings is 1. The van der Waals surface area contributed by atoms with Crippen LogP contribution in [-0.4, -0.2) is 33.8 Å². The second-order valence-corrected chi connectivity index (χ2v) is 6.53. The highest BCUT2D eigenvalue weighted by Crippen LogP contribution is 2.28. The van der Waals surface area contributed by atoms with Crippen molar-refractivity contribution in [3.05, 3.63) is 60.4 Å². The quantitative estimate of drug-likeness (QED) is 0.700. The van der Waals surface area contributed by atoms with Crippen LogP contribution in [0.4, 0.5) is 0 Å². The van der Waals surface area contributed by atoms with Crippen LogP contribution in [0, 0.1) is 5.92 Å². The van der Waals surface area contributed by atoms with Gasteiger partial charge in [0.05, 0.1) is 18.7 Å². The summed E-state index contributed by atoms with van der Waals surface area (Å²) in [6.45, 7) is 1.79. The zero-order chi connectivity index (χ0) is 17.9. The number of amides is 1. The number of aromatic nitrogens is 3. The largest absolute Gasteiger partial charge is 0.443 e. The molecule has 1 amide bonds. The standard InChI is InChI=1S/C19H21N5O2.ClH/c1-24-11-14(7-23-24)15-8-20-9-16(15)19(25)21-10-17-18(26-12-22-17)13-5-3-2-4-6-13;/h2-7,11-12,15-16,20H,8-10H2,1H3,(H,21,25);1H/t15-,16+;/m1./s1. The number of rotatable bonds is 5. The molecule has 0 saturated carbocycles. The fraction of sp³-hybridized carbons (Fsp3) is 0.316. The predicted molar refractivity (Wildman–Crippen MR) is 103 cm³/mol. The summed E-state index contributed by atoms with van der Waals surface area (Å²) < 4.78 is 7.28. The van der Waals surface area contributed by atoms with E-state index in [-0.39, 0.29) is 30.2 Å². The summed E-state index contributed by atoms with van der Waals surface area (Å²) in [7, 11) is 1.89. The van der Waals surface area contributed by atoms with Crippen molar-refractivity contribution in [2.75, 3.05) is 13.1 Å². The molecule has 27 heavy (non-hydrogen) atoms. The van der Waals surface area contributed by atoms with E-state index >= 15 is 0 Å². The third kappa shape index (κ3) is 4.04. The number of halogens is 1. The molecule has 0 radical (unpaired) electrons. The summed E-state index contributed by atoms with van der Waals surface area (Å²) in [5.41, 5.74) is 2.77. The second-order valence-electron chi connectivity index (χ2n) is 6.53. The van der Waals surface area contributed by atoms with E-state index in [4.69, 9.17) is 4.42 Å². The van der Waals surface area contributed by atoms with Gasteiger partial charge in [-0.25, -0.2) is 4.98 Å². The van der Waals surface area contributed by atoms with E-state index < -0.39 is 0 Å². The fourth-order valence-electron chi connectivity index (χ4n) is 3.46. The SMILES string of the molecule is Cl.Cn1cc([C@H]2CNC[C@@H]2C(=O)NCc2ncoc2-c2ccccc2)cn1. The molecule has 2 atom stereocenters. The number of hydrogen-bond donors (Lipinski definition) is 2. The van der Waals surface area contributed by atoms with Gasteiger partial charge in [-0.1, -0.05) is 30.3 Å². The molecule has 2 aromatic heterocycles. The van der Waals surface area contributed by atoms with E-state index in [1.54, 1.807) is 4.68 Å². The Hall–Kier alpha value is -2.64. The van der Waals surface area contributed by atoms with Gasteiger partial charge in [0.25, 0.3) is 0 Å². The maximum absolute atomic E-state index is 12.7. The van der Waals surface area contributed by atoms with Crippen molar-refractivity contribution in [3.63, 3.8) is 0 Å². The zero-order valence-corrected chi connectivity index (χ0v) is 15.8. The van der Waals surface area contributed by atoms with Crippen LogP contribution in [0.3, 0.4) is 0 Å². The summed E-state index contributed by atoms with van der Waals surface area (Å²) in [4.78, 5) is 17.0. The maximum atomic E-state index is 12.7. The second kappa shape index (κ2) is 8.37. The van der Waals surface area contributed by atoms with Crippen molar-refractivity contribution < 1.29 is 9.21 Å². The molecule has 0 bridgehead atoms. The van der Waals surface area contributed by atoms with E-state index in [0.29, 0.717) is 18.8 Å². The van der Waals surface area contributed by atoms with E-state index in [1.165, 1.54) is 6.39 Å². The van der Waals surface area contributed by atoms with Crippen LogP contribution in [0.2, 0.25) is 0 Å². The van der Waals surface area contributed by atoms with Gasteiger partial charge in [-0.3, -0.25) is 9.48 Å². The van der Waals surface area contributed by atoms with Gasteiger partial charge in [0.2, 0.25) is 5.91 Å². The number of nitrogens with one attached hydrogen (secondary N) is 2. The summed E-state index contributed by atoms with van der Waals surface area (Å²) >= 11 is 0. The van der Waals surface area contributed by atoms with Crippen LogP contribution in [0.15, 0.2) is 53.5 Å². The monoisotopic (exact) mass is 387 g/mol. The molecular formula is C19H22ClN5O2. The highest BCUT2D eigenvalue weighted by molar-refractivity contribution is 5.85. The van der Waals surface area contributed by atoms with Crippen molar-refractivity contribution in [3.8, 4) is 11.3 Å². The van der Waals surface area contributed by atoms with E-state index in [0.717, 1.165) is 23.4 Å². The molecule has 8 heteroatoms. The van der Waals surface area contributed by atoms with Crippen LogP contribution >= 0.6 is 12.4 Å².